The van der Waals surface area contributed by atoms with E-state index in [2.05, 4.69) is 15.2 Å². The highest BCUT2D eigenvalue weighted by Gasteiger charge is 2.32. The summed E-state index contributed by atoms with van der Waals surface area (Å²) in [5.74, 6) is 1.25. The normalized spacial score (nSPS) is 12.3. The molecular weight excluding hydrogens is 401 g/mol. The minimum atomic E-state index is -4.49. The Morgan fingerprint density at radius 2 is 2.00 bits per heavy atom. The van der Waals surface area contributed by atoms with Crippen molar-refractivity contribution in [2.45, 2.75) is 24.2 Å². The van der Waals surface area contributed by atoms with Gasteiger partial charge in [0.15, 0.2) is 22.3 Å². The number of halogens is 4. The lowest BCUT2D eigenvalue weighted by Gasteiger charge is -2.08. The van der Waals surface area contributed by atoms with Crippen molar-refractivity contribution in [1.82, 2.24) is 19.6 Å². The molecule has 0 saturated carbocycles. The van der Waals surface area contributed by atoms with Crippen LogP contribution in [-0.2, 0) is 12.6 Å². The summed E-state index contributed by atoms with van der Waals surface area (Å²) < 4.78 is 45.9. The third-order valence-corrected chi connectivity index (χ3v) is 5.17. The number of hydrogen-bond donors (Lipinski definition) is 0. The van der Waals surface area contributed by atoms with Crippen LogP contribution in [0, 0.1) is 0 Å². The number of nitrogens with zero attached hydrogens (tertiary/aromatic N) is 4. The summed E-state index contributed by atoms with van der Waals surface area (Å²) in [4.78, 5) is 4.40. The third kappa shape index (κ3) is 3.74. The average Bonchev–Trinajstić information content (AvgIpc) is 3.21. The number of aryl methyl sites for hydroxylation is 1. The molecule has 0 saturated heterocycles. The highest BCUT2D eigenvalue weighted by molar-refractivity contribution is 7.99. The molecule has 5 nitrogen and oxygen atoms in total. The maximum absolute atomic E-state index is 13.0. The van der Waals surface area contributed by atoms with Gasteiger partial charge in [0.1, 0.15) is 5.52 Å². The van der Waals surface area contributed by atoms with Crippen molar-refractivity contribution in [3.05, 3.63) is 53.0 Å². The molecule has 0 fully saturated rings. The zero-order valence-corrected chi connectivity index (χ0v) is 15.3. The zero-order valence-electron chi connectivity index (χ0n) is 13.7. The van der Waals surface area contributed by atoms with Crippen molar-refractivity contribution < 1.29 is 17.6 Å². The van der Waals surface area contributed by atoms with Crippen molar-refractivity contribution in [1.29, 1.82) is 0 Å². The Hall–Kier alpha value is -2.26. The Labute approximate surface area is 160 Å². The van der Waals surface area contributed by atoms with Crippen LogP contribution < -0.4 is 0 Å². The van der Waals surface area contributed by atoms with E-state index in [0.717, 1.165) is 29.8 Å². The molecule has 4 rings (SSSR count). The first kappa shape index (κ1) is 18.1. The van der Waals surface area contributed by atoms with Crippen LogP contribution in [0.3, 0.4) is 0 Å². The van der Waals surface area contributed by atoms with Gasteiger partial charge in [-0.25, -0.2) is 4.98 Å². The van der Waals surface area contributed by atoms with E-state index in [-0.39, 0.29) is 10.7 Å². The molecule has 1 aromatic carbocycles. The van der Waals surface area contributed by atoms with Crippen LogP contribution in [-0.4, -0.2) is 25.3 Å². The van der Waals surface area contributed by atoms with Gasteiger partial charge < -0.3 is 4.42 Å². The topological polar surface area (TPSA) is 56.2 Å². The first-order valence-corrected chi connectivity index (χ1v) is 9.37. The molecule has 27 heavy (non-hydrogen) atoms. The number of alkyl halides is 3. The monoisotopic (exact) mass is 412 g/mol. The quantitative estimate of drug-likeness (QED) is 0.330. The van der Waals surface area contributed by atoms with Gasteiger partial charge >= 0.3 is 6.18 Å². The van der Waals surface area contributed by atoms with Crippen LogP contribution in [0.5, 0.6) is 0 Å². The van der Waals surface area contributed by atoms with Crippen LogP contribution in [0.4, 0.5) is 13.2 Å². The van der Waals surface area contributed by atoms with Crippen LogP contribution in [0.1, 0.15) is 17.9 Å². The number of rotatable bonds is 5. The SMILES string of the molecule is FC(F)(F)c1cc(Cl)c2nnc(SCCCc3nc4ccccc4o3)n2c1. The van der Waals surface area contributed by atoms with Crippen molar-refractivity contribution in [3.8, 4) is 0 Å². The third-order valence-electron chi connectivity index (χ3n) is 3.86. The highest BCUT2D eigenvalue weighted by Crippen LogP contribution is 2.33. The van der Waals surface area contributed by atoms with E-state index in [1.165, 1.54) is 16.2 Å². The fraction of sp³-hybridized carbons (Fsp3) is 0.235. The standard InChI is InChI=1S/C17H12ClF3N4OS/c18-11-8-10(17(19,20)21)9-25-15(11)23-24-16(25)27-7-3-6-14-22-12-4-1-2-5-13(12)26-14/h1-2,4-5,8-9H,3,6-7H2. The van der Waals surface area contributed by atoms with Crippen LogP contribution in [0.2, 0.25) is 5.02 Å². The number of thioether (sulfide) groups is 1. The Kier molecular flexibility index (Phi) is 4.73. The molecule has 0 radical (unpaired) electrons. The minimum Gasteiger partial charge on any atom is -0.441 e. The van der Waals surface area contributed by atoms with E-state index in [9.17, 15) is 13.2 Å². The molecule has 0 unspecified atom stereocenters. The summed E-state index contributed by atoms with van der Waals surface area (Å²) in [6, 6.07) is 8.35. The van der Waals surface area contributed by atoms with E-state index in [1.54, 1.807) is 0 Å². The molecule has 10 heteroatoms. The molecule has 140 valence electrons. The van der Waals surface area contributed by atoms with E-state index in [1.807, 2.05) is 24.3 Å². The van der Waals surface area contributed by atoms with Crippen molar-refractivity contribution in [3.63, 3.8) is 0 Å². The van der Waals surface area contributed by atoms with Gasteiger partial charge in [-0.2, -0.15) is 13.2 Å². The lowest BCUT2D eigenvalue weighted by atomic mass is 10.3. The predicted octanol–water partition coefficient (Wildman–Crippen LogP) is 5.27. The van der Waals surface area contributed by atoms with Gasteiger partial charge in [-0.3, -0.25) is 4.40 Å². The van der Waals surface area contributed by atoms with Crippen LogP contribution in [0.15, 0.2) is 46.1 Å². The first-order chi connectivity index (χ1) is 12.9. The van der Waals surface area contributed by atoms with Crippen molar-refractivity contribution >= 4 is 40.1 Å². The van der Waals surface area contributed by atoms with E-state index < -0.39 is 11.7 Å². The number of aromatic nitrogens is 4. The Bertz CT molecular complexity index is 1080. The largest absolute Gasteiger partial charge is 0.441 e. The highest BCUT2D eigenvalue weighted by atomic mass is 35.5. The van der Waals surface area contributed by atoms with Gasteiger partial charge in [0.05, 0.1) is 10.6 Å². The lowest BCUT2D eigenvalue weighted by Crippen LogP contribution is -2.07. The van der Waals surface area contributed by atoms with Gasteiger partial charge in [0, 0.05) is 18.4 Å². The Morgan fingerprint density at radius 3 is 2.78 bits per heavy atom. The van der Waals surface area contributed by atoms with Crippen LogP contribution in [0.25, 0.3) is 16.7 Å². The number of benzene rings is 1. The second kappa shape index (κ2) is 7.05. The molecule has 3 heterocycles. The molecule has 0 aliphatic heterocycles. The molecule has 3 aromatic heterocycles. The smallest absolute Gasteiger partial charge is 0.417 e. The fourth-order valence-electron chi connectivity index (χ4n) is 2.60. The Balaban J connectivity index is 1.45. The molecule has 0 bridgehead atoms. The van der Waals surface area contributed by atoms with E-state index >= 15 is 0 Å². The van der Waals surface area contributed by atoms with Gasteiger partial charge in [-0.1, -0.05) is 35.5 Å². The second-order valence-corrected chi connectivity index (χ2v) is 7.25. The summed E-state index contributed by atoms with van der Waals surface area (Å²) in [7, 11) is 0. The molecule has 0 atom stereocenters. The van der Waals surface area contributed by atoms with E-state index in [4.69, 9.17) is 16.0 Å². The maximum atomic E-state index is 13.0. The number of hydrogen-bond acceptors (Lipinski definition) is 5. The summed E-state index contributed by atoms with van der Waals surface area (Å²) in [5, 5.41) is 8.08. The maximum Gasteiger partial charge on any atom is 0.417 e. The van der Waals surface area contributed by atoms with Gasteiger partial charge in [-0.05, 0) is 24.6 Å². The first-order valence-electron chi connectivity index (χ1n) is 8.00. The summed E-state index contributed by atoms with van der Waals surface area (Å²) >= 11 is 7.21. The van der Waals surface area contributed by atoms with E-state index in [0.29, 0.717) is 23.2 Å². The number of fused-ring (bicyclic) bond motifs is 2. The second-order valence-electron chi connectivity index (χ2n) is 5.78. The van der Waals surface area contributed by atoms with Crippen LogP contribution >= 0.6 is 23.4 Å². The number of oxazole rings is 1. The number of para-hydroxylation sites is 2. The molecule has 4 aromatic rings. The molecule has 0 N–H and O–H groups in total. The van der Waals surface area contributed by atoms with Crippen molar-refractivity contribution in [2.75, 3.05) is 5.75 Å². The van der Waals surface area contributed by atoms with Gasteiger partial charge in [-0.15, -0.1) is 10.2 Å². The molecule has 0 spiro atoms. The molecule has 0 amide bonds. The summed E-state index contributed by atoms with van der Waals surface area (Å²) in [6.45, 7) is 0. The lowest BCUT2D eigenvalue weighted by molar-refractivity contribution is -0.137. The minimum absolute atomic E-state index is 0.0874. The molecule has 0 aliphatic rings. The molecular formula is C17H12ClF3N4OS. The predicted molar refractivity (Wildman–Crippen MR) is 96.1 cm³/mol. The molecule has 0 aliphatic carbocycles. The fourth-order valence-corrected chi connectivity index (χ4v) is 3.70. The van der Waals surface area contributed by atoms with Gasteiger partial charge in [0.25, 0.3) is 0 Å². The summed E-state index contributed by atoms with van der Waals surface area (Å²) in [6.07, 6.45) is -2.19. The Morgan fingerprint density at radius 1 is 1.19 bits per heavy atom. The average molecular weight is 413 g/mol. The summed E-state index contributed by atoms with van der Waals surface area (Å²) in [5.41, 5.74) is 0.898. The van der Waals surface area contributed by atoms with Gasteiger partial charge in [0.2, 0.25) is 0 Å². The zero-order chi connectivity index (χ0) is 19.0. The number of pyridine rings is 1. The van der Waals surface area contributed by atoms with Crippen molar-refractivity contribution in [2.24, 2.45) is 0 Å².